The second kappa shape index (κ2) is 7.24. The molecule has 0 aliphatic heterocycles. The van der Waals surface area contributed by atoms with Gasteiger partial charge in [0.2, 0.25) is 0 Å². The van der Waals surface area contributed by atoms with Gasteiger partial charge in [-0.15, -0.1) is 0 Å². The number of anilines is 1. The Morgan fingerprint density at radius 2 is 1.25 bits per heavy atom. The first-order valence-corrected chi connectivity index (χ1v) is 7.75. The van der Waals surface area contributed by atoms with Crippen molar-refractivity contribution in [3.8, 4) is 0 Å². The summed E-state index contributed by atoms with van der Waals surface area (Å²) in [5, 5.41) is 0. The summed E-state index contributed by atoms with van der Waals surface area (Å²) in [7, 11) is -7.06. The van der Waals surface area contributed by atoms with E-state index in [4.69, 9.17) is 0 Å². The Morgan fingerprint density at radius 1 is 0.800 bits per heavy atom. The fourth-order valence-electron chi connectivity index (χ4n) is 1.54. The Labute approximate surface area is 141 Å². The third kappa shape index (κ3) is 3.62. The van der Waals surface area contributed by atoms with Gasteiger partial charge in [-0.05, 0) is 24.3 Å². The molecule has 0 aliphatic rings. The molecule has 0 radical (unpaired) electrons. The van der Waals surface area contributed by atoms with Crippen molar-refractivity contribution < 1.29 is 46.4 Å². The van der Waals surface area contributed by atoms with E-state index in [9.17, 15) is 16.8 Å². The van der Waals surface area contributed by atoms with Gasteiger partial charge in [0, 0.05) is 16.6 Å². The summed E-state index contributed by atoms with van der Waals surface area (Å²) in [5.41, 5.74) is 0.0692. The van der Waals surface area contributed by atoms with Crippen molar-refractivity contribution in [2.75, 3.05) is 3.71 Å². The van der Waals surface area contributed by atoms with Gasteiger partial charge in [-0.25, -0.2) is 8.42 Å². The number of sulfonamides is 1. The van der Waals surface area contributed by atoms with Crippen molar-refractivity contribution >= 4 is 26.6 Å². The van der Waals surface area contributed by atoms with Crippen molar-refractivity contribution in [1.82, 2.24) is 0 Å². The van der Waals surface area contributed by atoms with E-state index in [1.165, 1.54) is 36.4 Å². The average molecular weight is 319 g/mol. The largest absolute Gasteiger partial charge is 1.00 e. The topological polar surface area (TPSA) is 71.5 Å². The van der Waals surface area contributed by atoms with Crippen molar-refractivity contribution in [3.05, 3.63) is 60.7 Å². The molecule has 2 rings (SSSR count). The molecule has 0 aliphatic carbocycles. The van der Waals surface area contributed by atoms with Crippen molar-refractivity contribution in [1.29, 1.82) is 0 Å². The van der Waals surface area contributed by atoms with E-state index in [1.807, 2.05) is 0 Å². The first-order valence-electron chi connectivity index (χ1n) is 5.28. The summed E-state index contributed by atoms with van der Waals surface area (Å²) < 4.78 is 47.5. The second-order valence-electron chi connectivity index (χ2n) is 3.60. The normalized spacial score (nSPS) is 10.8. The zero-order valence-electron chi connectivity index (χ0n) is 10.7. The Morgan fingerprint density at radius 3 is 1.70 bits per heavy atom. The minimum absolute atomic E-state index is 0. The molecule has 20 heavy (non-hydrogen) atoms. The van der Waals surface area contributed by atoms with Crippen LogP contribution in [0.25, 0.3) is 0 Å². The maximum absolute atomic E-state index is 12.3. The summed E-state index contributed by atoms with van der Waals surface area (Å²) >= 11 is 0. The predicted molar refractivity (Wildman–Crippen MR) is 71.3 cm³/mol. The third-order valence-electron chi connectivity index (χ3n) is 2.36. The van der Waals surface area contributed by atoms with E-state index < -0.39 is 20.9 Å². The standard InChI is InChI=1S/C12H10NO4S2.Na/c14-18(15)13(11-7-3-1-4-8-11)19(16,17)12-9-5-2-6-10-12;/h1-10H;/q-1;+1. The quantitative estimate of drug-likeness (QED) is 0.541. The molecule has 0 spiro atoms. The van der Waals surface area contributed by atoms with Crippen LogP contribution < -0.4 is 33.3 Å². The van der Waals surface area contributed by atoms with E-state index >= 15 is 0 Å². The van der Waals surface area contributed by atoms with Crippen molar-refractivity contribution in [3.63, 3.8) is 0 Å². The van der Waals surface area contributed by atoms with Gasteiger partial charge in [0.15, 0.2) is 0 Å². The van der Waals surface area contributed by atoms with Crippen molar-refractivity contribution in [2.24, 2.45) is 0 Å². The molecule has 0 saturated carbocycles. The van der Waals surface area contributed by atoms with Gasteiger partial charge in [0.25, 0.3) is 10.0 Å². The second-order valence-corrected chi connectivity index (χ2v) is 6.42. The fraction of sp³-hybridized carbons (Fsp3) is 0. The van der Waals surface area contributed by atoms with Crippen LogP contribution in [0.15, 0.2) is 65.6 Å². The summed E-state index contributed by atoms with van der Waals surface area (Å²) in [6.07, 6.45) is 0. The molecule has 0 bridgehead atoms. The average Bonchev–Trinajstić information content (AvgIpc) is 2.40. The smallest absolute Gasteiger partial charge is 0.402 e. The van der Waals surface area contributed by atoms with E-state index in [2.05, 4.69) is 0 Å². The summed E-state index contributed by atoms with van der Waals surface area (Å²) in [6, 6.07) is 15.0. The van der Waals surface area contributed by atoms with Crippen LogP contribution in [0.5, 0.6) is 0 Å². The van der Waals surface area contributed by atoms with Gasteiger partial charge in [-0.2, -0.15) is 0 Å². The van der Waals surface area contributed by atoms with Gasteiger partial charge in [0.05, 0.1) is 4.90 Å². The Balaban J connectivity index is 0.00000200. The predicted octanol–water partition coefficient (Wildman–Crippen LogP) is -0.890. The zero-order valence-corrected chi connectivity index (χ0v) is 14.3. The molecule has 5 nitrogen and oxygen atoms in total. The molecule has 0 amide bonds. The molecule has 0 aromatic heterocycles. The zero-order chi connectivity index (χ0) is 13.9. The van der Waals surface area contributed by atoms with Gasteiger partial charge in [-0.3, -0.25) is 3.71 Å². The molecule has 0 N–H and O–H groups in total. The first-order chi connectivity index (χ1) is 9.03. The summed E-state index contributed by atoms with van der Waals surface area (Å²) in [4.78, 5) is -0.0805. The van der Waals surface area contributed by atoms with Crippen LogP contribution in [0.4, 0.5) is 5.69 Å². The molecule has 0 saturated heterocycles. The molecule has 0 heterocycles. The number of rotatable bonds is 4. The van der Waals surface area contributed by atoms with Gasteiger partial charge < -0.3 is 8.42 Å². The molecular weight excluding hydrogens is 309 g/mol. The molecule has 2 aromatic carbocycles. The molecular formula is C12H10NNaO4S2. The minimum atomic E-state index is -4.13. The molecule has 0 fully saturated rings. The van der Waals surface area contributed by atoms with Gasteiger partial charge >= 0.3 is 29.6 Å². The fourth-order valence-corrected chi connectivity index (χ4v) is 3.83. The number of benzene rings is 2. The molecule has 100 valence electrons. The van der Waals surface area contributed by atoms with Crippen LogP contribution in [-0.2, 0) is 29.3 Å². The number of para-hydroxylation sites is 1. The van der Waals surface area contributed by atoms with Crippen LogP contribution >= 0.6 is 0 Å². The van der Waals surface area contributed by atoms with E-state index in [1.54, 1.807) is 24.3 Å². The van der Waals surface area contributed by atoms with Gasteiger partial charge in [-0.1, -0.05) is 36.4 Å². The molecule has 8 heteroatoms. The van der Waals surface area contributed by atoms with Crippen LogP contribution in [0.2, 0.25) is 0 Å². The maximum atomic E-state index is 12.3. The van der Waals surface area contributed by atoms with Gasteiger partial charge in [0.1, 0.15) is 0 Å². The maximum Gasteiger partial charge on any atom is 1.00 e. The Kier molecular flexibility index (Phi) is 6.22. The van der Waals surface area contributed by atoms with Crippen LogP contribution in [0.3, 0.4) is 0 Å². The molecule has 0 atom stereocenters. The summed E-state index contributed by atoms with van der Waals surface area (Å²) in [5.74, 6) is 0. The van der Waals surface area contributed by atoms with Crippen LogP contribution in [-0.4, -0.2) is 8.42 Å². The monoisotopic (exact) mass is 319 g/mol. The number of nitrogens with zero attached hydrogens (tertiary/aromatic N) is 1. The number of hydrogen-bond donors (Lipinski definition) is 0. The van der Waals surface area contributed by atoms with Crippen molar-refractivity contribution in [2.45, 2.75) is 4.90 Å². The Bertz CT molecular complexity index is 723. The number of hydrogen-bond acceptors (Lipinski definition) is 5. The molecule has 2 aromatic rings. The first kappa shape index (κ1) is 17.2. The minimum Gasteiger partial charge on any atom is -0.402 e. The third-order valence-corrected chi connectivity index (χ3v) is 5.31. The van der Waals surface area contributed by atoms with Crippen LogP contribution in [0.1, 0.15) is 0 Å². The molecule has 0 unspecified atom stereocenters. The van der Waals surface area contributed by atoms with E-state index in [0.717, 1.165) is 0 Å². The van der Waals surface area contributed by atoms with Crippen LogP contribution in [0, 0.1) is 0 Å². The van der Waals surface area contributed by atoms with E-state index in [0.29, 0.717) is 3.71 Å². The summed E-state index contributed by atoms with van der Waals surface area (Å²) in [6.45, 7) is 0. The SMILES string of the molecule is O=[S-](=O)N(c1ccccc1)S(=O)(=O)c1ccccc1.[Na+]. The Hall–Kier alpha value is -0.860. The van der Waals surface area contributed by atoms with E-state index in [-0.39, 0.29) is 40.1 Å².